The van der Waals surface area contributed by atoms with E-state index in [-0.39, 0.29) is 5.91 Å². The van der Waals surface area contributed by atoms with Gasteiger partial charge in [-0.25, -0.2) is 4.79 Å². The molecule has 1 aliphatic heterocycles. The van der Waals surface area contributed by atoms with Crippen LogP contribution in [-0.4, -0.2) is 34.0 Å². The highest BCUT2D eigenvalue weighted by molar-refractivity contribution is 5.98. The molecule has 1 aromatic rings. The largest absolute Gasteiger partial charge is 0.480 e. The molecule has 2 rings (SSSR count). The summed E-state index contributed by atoms with van der Waals surface area (Å²) >= 11 is 0. The molecule has 0 aliphatic carbocycles. The molecule has 98 valence electrons. The predicted molar refractivity (Wildman–Crippen MR) is 64.4 cm³/mol. The molecule has 1 amide bonds. The van der Waals surface area contributed by atoms with Gasteiger partial charge in [0.25, 0.3) is 5.91 Å². The number of carbonyl (C=O) groups is 2. The van der Waals surface area contributed by atoms with Crippen LogP contribution in [-0.2, 0) is 11.2 Å². The Hall–Kier alpha value is -1.78. The summed E-state index contributed by atoms with van der Waals surface area (Å²) in [5, 5.41) is 9.30. The summed E-state index contributed by atoms with van der Waals surface area (Å²) in [4.78, 5) is 25.2. The Bertz CT molecular complexity index is 479. The lowest BCUT2D eigenvalue weighted by atomic mass is 9.98. The molecule has 1 aliphatic rings. The van der Waals surface area contributed by atoms with Crippen LogP contribution in [0.2, 0.25) is 0 Å². The van der Waals surface area contributed by atoms with Gasteiger partial charge >= 0.3 is 5.97 Å². The van der Waals surface area contributed by atoms with Gasteiger partial charge in [-0.15, -0.1) is 0 Å². The van der Waals surface area contributed by atoms with E-state index < -0.39 is 11.5 Å². The van der Waals surface area contributed by atoms with Gasteiger partial charge < -0.3 is 14.4 Å². The molecule has 2 heterocycles. The molecule has 1 atom stereocenters. The number of furan rings is 1. The first-order valence-corrected chi connectivity index (χ1v) is 6.12. The van der Waals surface area contributed by atoms with Crippen molar-refractivity contribution in [1.82, 2.24) is 4.90 Å². The highest BCUT2D eigenvalue weighted by atomic mass is 16.4. The van der Waals surface area contributed by atoms with E-state index in [0.717, 1.165) is 0 Å². The van der Waals surface area contributed by atoms with Crippen molar-refractivity contribution in [3.05, 3.63) is 23.7 Å². The monoisotopic (exact) mass is 251 g/mol. The number of aliphatic carboxylic acids is 1. The zero-order valence-corrected chi connectivity index (χ0v) is 10.6. The molecular formula is C13H17NO4. The van der Waals surface area contributed by atoms with Crippen molar-refractivity contribution in [2.24, 2.45) is 0 Å². The standard InChI is InChI=1S/C13H17NO4/c1-3-10-9(5-8-18-10)11(15)14-7-4-6-13(14,2)12(16)17/h5,8H,3-4,6-7H2,1-2H3,(H,16,17). The van der Waals surface area contributed by atoms with E-state index in [0.29, 0.717) is 37.1 Å². The number of amides is 1. The van der Waals surface area contributed by atoms with Gasteiger partial charge in [-0.1, -0.05) is 6.92 Å². The summed E-state index contributed by atoms with van der Waals surface area (Å²) in [5.74, 6) is -0.586. The maximum atomic E-state index is 12.4. The Morgan fingerprint density at radius 3 is 2.89 bits per heavy atom. The summed E-state index contributed by atoms with van der Waals surface area (Å²) in [7, 11) is 0. The molecule has 5 nitrogen and oxygen atoms in total. The minimum absolute atomic E-state index is 0.247. The Morgan fingerprint density at radius 1 is 1.56 bits per heavy atom. The average molecular weight is 251 g/mol. The first-order chi connectivity index (χ1) is 8.50. The van der Waals surface area contributed by atoms with Gasteiger partial charge in [-0.3, -0.25) is 4.79 Å². The van der Waals surface area contributed by atoms with Crippen LogP contribution in [0.25, 0.3) is 0 Å². The summed E-state index contributed by atoms with van der Waals surface area (Å²) in [6.07, 6.45) is 3.30. The van der Waals surface area contributed by atoms with E-state index >= 15 is 0 Å². The Labute approximate surface area is 105 Å². The number of rotatable bonds is 3. The highest BCUT2D eigenvalue weighted by Gasteiger charge is 2.46. The predicted octanol–water partition coefficient (Wildman–Crippen LogP) is 1.92. The molecule has 18 heavy (non-hydrogen) atoms. The van der Waals surface area contributed by atoms with Crippen LogP contribution in [0.5, 0.6) is 0 Å². The first-order valence-electron chi connectivity index (χ1n) is 6.12. The fraction of sp³-hybridized carbons (Fsp3) is 0.538. The normalized spacial score (nSPS) is 23.3. The minimum Gasteiger partial charge on any atom is -0.480 e. The summed E-state index contributed by atoms with van der Waals surface area (Å²) in [6, 6.07) is 1.61. The molecule has 5 heteroatoms. The SMILES string of the molecule is CCc1occc1C(=O)N1CCCC1(C)C(=O)O. The van der Waals surface area contributed by atoms with Gasteiger partial charge in [-0.2, -0.15) is 0 Å². The van der Waals surface area contributed by atoms with Gasteiger partial charge in [0.05, 0.1) is 11.8 Å². The second kappa shape index (κ2) is 4.48. The minimum atomic E-state index is -1.10. The summed E-state index contributed by atoms with van der Waals surface area (Å²) < 4.78 is 5.23. The lowest BCUT2D eigenvalue weighted by Crippen LogP contribution is -2.50. The van der Waals surface area contributed by atoms with Crippen LogP contribution in [0.15, 0.2) is 16.7 Å². The van der Waals surface area contributed by atoms with Crippen molar-refractivity contribution in [3.63, 3.8) is 0 Å². The smallest absolute Gasteiger partial charge is 0.329 e. The molecule has 0 saturated carbocycles. The lowest BCUT2D eigenvalue weighted by Gasteiger charge is -2.31. The molecule has 1 aromatic heterocycles. The summed E-state index contributed by atoms with van der Waals surface area (Å²) in [6.45, 7) is 3.98. The maximum Gasteiger partial charge on any atom is 0.329 e. The number of carboxylic acids is 1. The Morgan fingerprint density at radius 2 is 2.28 bits per heavy atom. The van der Waals surface area contributed by atoms with Crippen LogP contribution >= 0.6 is 0 Å². The first kappa shape index (κ1) is 12.7. The average Bonchev–Trinajstić information content (AvgIpc) is 2.94. The van der Waals surface area contributed by atoms with Gasteiger partial charge in [0.2, 0.25) is 0 Å². The van der Waals surface area contributed by atoms with E-state index in [4.69, 9.17) is 4.42 Å². The molecule has 0 spiro atoms. The molecule has 1 fully saturated rings. The number of likely N-dealkylation sites (tertiary alicyclic amines) is 1. The van der Waals surface area contributed by atoms with E-state index in [2.05, 4.69) is 0 Å². The van der Waals surface area contributed by atoms with Gasteiger partial charge in [0, 0.05) is 13.0 Å². The lowest BCUT2D eigenvalue weighted by molar-refractivity contribution is -0.147. The zero-order valence-electron chi connectivity index (χ0n) is 10.6. The highest BCUT2D eigenvalue weighted by Crippen LogP contribution is 2.31. The fourth-order valence-electron chi connectivity index (χ4n) is 2.46. The molecular weight excluding hydrogens is 234 g/mol. The van der Waals surface area contributed by atoms with Crippen molar-refractivity contribution >= 4 is 11.9 Å². The number of carbonyl (C=O) groups excluding carboxylic acids is 1. The van der Waals surface area contributed by atoms with Crippen molar-refractivity contribution < 1.29 is 19.1 Å². The zero-order chi connectivity index (χ0) is 13.3. The van der Waals surface area contributed by atoms with E-state index in [9.17, 15) is 14.7 Å². The van der Waals surface area contributed by atoms with Crippen molar-refractivity contribution in [2.45, 2.75) is 38.6 Å². The second-order valence-corrected chi connectivity index (χ2v) is 4.75. The molecule has 1 N–H and O–H groups in total. The third kappa shape index (κ3) is 1.79. The van der Waals surface area contributed by atoms with E-state index in [1.54, 1.807) is 13.0 Å². The number of aryl methyl sites for hydroxylation is 1. The third-order valence-electron chi connectivity index (χ3n) is 3.64. The number of hydrogen-bond acceptors (Lipinski definition) is 3. The molecule has 0 aromatic carbocycles. The van der Waals surface area contributed by atoms with Crippen molar-refractivity contribution in [2.75, 3.05) is 6.54 Å². The van der Waals surface area contributed by atoms with Crippen LogP contribution in [0.4, 0.5) is 0 Å². The van der Waals surface area contributed by atoms with Gasteiger partial charge in [0.1, 0.15) is 11.3 Å². The number of nitrogens with zero attached hydrogens (tertiary/aromatic N) is 1. The van der Waals surface area contributed by atoms with Crippen molar-refractivity contribution in [3.8, 4) is 0 Å². The van der Waals surface area contributed by atoms with Crippen molar-refractivity contribution in [1.29, 1.82) is 0 Å². The number of carboxylic acid groups (broad SMARTS) is 1. The summed E-state index contributed by atoms with van der Waals surface area (Å²) in [5.41, 5.74) is -0.619. The van der Waals surface area contributed by atoms with Crippen LogP contribution < -0.4 is 0 Å². The van der Waals surface area contributed by atoms with Crippen LogP contribution in [0.3, 0.4) is 0 Å². The molecule has 0 radical (unpaired) electrons. The van der Waals surface area contributed by atoms with Crippen LogP contribution in [0.1, 0.15) is 42.8 Å². The topological polar surface area (TPSA) is 70.8 Å². The molecule has 0 bridgehead atoms. The fourth-order valence-corrected chi connectivity index (χ4v) is 2.46. The Balaban J connectivity index is 2.32. The van der Waals surface area contributed by atoms with E-state index in [1.165, 1.54) is 11.2 Å². The van der Waals surface area contributed by atoms with Gasteiger partial charge in [-0.05, 0) is 25.8 Å². The Kier molecular flexibility index (Phi) is 3.15. The quantitative estimate of drug-likeness (QED) is 0.891. The van der Waals surface area contributed by atoms with Gasteiger partial charge in [0.15, 0.2) is 0 Å². The number of hydrogen-bond donors (Lipinski definition) is 1. The third-order valence-corrected chi connectivity index (χ3v) is 3.64. The molecule has 1 saturated heterocycles. The molecule has 1 unspecified atom stereocenters. The van der Waals surface area contributed by atoms with Crippen LogP contribution in [0, 0.1) is 0 Å². The second-order valence-electron chi connectivity index (χ2n) is 4.75. The van der Waals surface area contributed by atoms with E-state index in [1.807, 2.05) is 6.92 Å². The maximum absolute atomic E-state index is 12.4.